The van der Waals surface area contributed by atoms with Gasteiger partial charge in [-0.15, -0.1) is 0 Å². The van der Waals surface area contributed by atoms with Gasteiger partial charge in [-0.25, -0.2) is 4.79 Å². The quantitative estimate of drug-likeness (QED) is 0.433. The summed E-state index contributed by atoms with van der Waals surface area (Å²) in [6.07, 6.45) is 1.19. The van der Waals surface area contributed by atoms with Gasteiger partial charge in [-0.05, 0) is 26.7 Å². The van der Waals surface area contributed by atoms with E-state index in [0.29, 0.717) is 19.4 Å². The Labute approximate surface area is 122 Å². The molecule has 8 heteroatoms. The Balaban J connectivity index is 2.23. The molecule has 118 valence electrons. The van der Waals surface area contributed by atoms with Gasteiger partial charge in [0.25, 0.3) is 5.91 Å². The van der Waals surface area contributed by atoms with E-state index >= 15 is 0 Å². The molecule has 0 atom stereocenters. The number of carbonyl (C=O) groups excluding carboxylic acids is 3. The van der Waals surface area contributed by atoms with Gasteiger partial charge in [-0.2, -0.15) is 0 Å². The van der Waals surface area contributed by atoms with Crippen LogP contribution >= 0.6 is 0 Å². The van der Waals surface area contributed by atoms with Crippen molar-refractivity contribution >= 4 is 23.8 Å². The van der Waals surface area contributed by atoms with E-state index in [1.807, 2.05) is 0 Å². The maximum atomic E-state index is 11.9. The van der Waals surface area contributed by atoms with Crippen molar-refractivity contribution in [2.45, 2.75) is 45.1 Å². The molecule has 1 rings (SSSR count). The topological polar surface area (TPSA) is 116 Å². The molecular formula is C13H21N3O5. The Bertz CT molecular complexity index is 447. The molecule has 1 fully saturated rings. The van der Waals surface area contributed by atoms with E-state index in [0.717, 1.165) is 4.90 Å². The second-order valence-electron chi connectivity index (χ2n) is 5.46. The third-order valence-electron chi connectivity index (χ3n) is 3.15. The van der Waals surface area contributed by atoms with E-state index in [1.165, 1.54) is 0 Å². The van der Waals surface area contributed by atoms with Gasteiger partial charge in [0, 0.05) is 25.9 Å². The summed E-state index contributed by atoms with van der Waals surface area (Å²) in [5.41, 5.74) is -0.926. The van der Waals surface area contributed by atoms with Crippen LogP contribution in [0.3, 0.4) is 0 Å². The SMILES string of the molecule is CC1(C)NC(=O)N(CCC(=O)NCCCCC(=O)O)C1=O. The zero-order valence-electron chi connectivity index (χ0n) is 12.3. The number of carbonyl (C=O) groups is 4. The van der Waals surface area contributed by atoms with Gasteiger partial charge in [-0.1, -0.05) is 0 Å². The minimum Gasteiger partial charge on any atom is -0.481 e. The summed E-state index contributed by atoms with van der Waals surface area (Å²) in [6.45, 7) is 3.64. The van der Waals surface area contributed by atoms with Crippen LogP contribution in [0.4, 0.5) is 4.79 Å². The van der Waals surface area contributed by atoms with E-state index in [9.17, 15) is 19.2 Å². The number of nitrogens with one attached hydrogen (secondary N) is 2. The summed E-state index contributed by atoms with van der Waals surface area (Å²) < 4.78 is 0. The summed E-state index contributed by atoms with van der Waals surface area (Å²) >= 11 is 0. The molecule has 0 spiro atoms. The molecule has 0 unspecified atom stereocenters. The number of hydrogen-bond donors (Lipinski definition) is 3. The number of carboxylic acids is 1. The Morgan fingerprint density at radius 1 is 1.24 bits per heavy atom. The average Bonchev–Trinajstić information content (AvgIpc) is 2.55. The number of urea groups is 1. The lowest BCUT2D eigenvalue weighted by Gasteiger charge is -2.15. The molecule has 0 bridgehead atoms. The standard InChI is InChI=1S/C13H21N3O5/c1-13(2)11(20)16(12(21)15-13)8-6-9(17)14-7-4-3-5-10(18)19/h3-8H2,1-2H3,(H,14,17)(H,15,21)(H,18,19). The molecule has 0 saturated carbocycles. The van der Waals surface area contributed by atoms with Crippen LogP contribution < -0.4 is 10.6 Å². The normalized spacial score (nSPS) is 16.8. The minimum absolute atomic E-state index is 0.0359. The van der Waals surface area contributed by atoms with Gasteiger partial charge in [-0.3, -0.25) is 19.3 Å². The van der Waals surface area contributed by atoms with Crippen LogP contribution in [-0.4, -0.2) is 52.4 Å². The maximum absolute atomic E-state index is 11.9. The predicted octanol–water partition coefficient (Wildman–Crippen LogP) is 0.0780. The highest BCUT2D eigenvalue weighted by molar-refractivity contribution is 6.06. The number of nitrogens with zero attached hydrogens (tertiary/aromatic N) is 1. The van der Waals surface area contributed by atoms with Crippen molar-refractivity contribution < 1.29 is 24.3 Å². The lowest BCUT2D eigenvalue weighted by atomic mass is 10.1. The lowest BCUT2D eigenvalue weighted by Crippen LogP contribution is -2.40. The highest BCUT2D eigenvalue weighted by Crippen LogP contribution is 2.16. The van der Waals surface area contributed by atoms with Gasteiger partial charge in [0.05, 0.1) is 0 Å². The Morgan fingerprint density at radius 3 is 2.43 bits per heavy atom. The van der Waals surface area contributed by atoms with Crippen molar-refractivity contribution in [1.82, 2.24) is 15.5 Å². The Morgan fingerprint density at radius 2 is 1.90 bits per heavy atom. The molecule has 0 radical (unpaired) electrons. The number of amides is 4. The van der Waals surface area contributed by atoms with Crippen molar-refractivity contribution in [2.24, 2.45) is 0 Å². The van der Waals surface area contributed by atoms with Gasteiger partial charge in [0.15, 0.2) is 0 Å². The zero-order valence-corrected chi connectivity index (χ0v) is 12.3. The predicted molar refractivity (Wildman–Crippen MR) is 73.4 cm³/mol. The maximum Gasteiger partial charge on any atom is 0.325 e. The summed E-state index contributed by atoms with van der Waals surface area (Å²) in [5, 5.41) is 13.6. The smallest absolute Gasteiger partial charge is 0.325 e. The number of imide groups is 1. The zero-order chi connectivity index (χ0) is 16.0. The molecule has 0 aromatic carbocycles. The number of rotatable bonds is 8. The van der Waals surface area contributed by atoms with Crippen molar-refractivity contribution in [2.75, 3.05) is 13.1 Å². The second kappa shape index (κ2) is 7.05. The molecule has 0 aromatic heterocycles. The first-order valence-corrected chi connectivity index (χ1v) is 6.86. The van der Waals surface area contributed by atoms with Crippen LogP contribution in [0.15, 0.2) is 0 Å². The van der Waals surface area contributed by atoms with Crippen LogP contribution in [0, 0.1) is 0 Å². The average molecular weight is 299 g/mol. The number of carboxylic acid groups (broad SMARTS) is 1. The molecule has 21 heavy (non-hydrogen) atoms. The summed E-state index contributed by atoms with van der Waals surface area (Å²) in [4.78, 5) is 46.4. The van der Waals surface area contributed by atoms with E-state index in [2.05, 4.69) is 10.6 Å². The molecule has 1 saturated heterocycles. The highest BCUT2D eigenvalue weighted by atomic mass is 16.4. The van der Waals surface area contributed by atoms with E-state index < -0.39 is 17.5 Å². The minimum atomic E-state index is -0.926. The van der Waals surface area contributed by atoms with E-state index in [4.69, 9.17) is 5.11 Å². The second-order valence-corrected chi connectivity index (χ2v) is 5.46. The van der Waals surface area contributed by atoms with Crippen molar-refractivity contribution in [3.63, 3.8) is 0 Å². The first-order valence-electron chi connectivity index (χ1n) is 6.86. The summed E-state index contributed by atoms with van der Waals surface area (Å²) in [7, 11) is 0. The fourth-order valence-electron chi connectivity index (χ4n) is 1.95. The molecule has 4 amide bonds. The first kappa shape index (κ1) is 16.9. The van der Waals surface area contributed by atoms with Crippen LogP contribution in [0.1, 0.15) is 39.5 Å². The van der Waals surface area contributed by atoms with Crippen molar-refractivity contribution in [3.8, 4) is 0 Å². The van der Waals surface area contributed by atoms with Crippen LogP contribution in [0.2, 0.25) is 0 Å². The molecule has 0 aliphatic carbocycles. The van der Waals surface area contributed by atoms with E-state index in [-0.39, 0.29) is 31.2 Å². The monoisotopic (exact) mass is 299 g/mol. The largest absolute Gasteiger partial charge is 0.481 e. The molecule has 3 N–H and O–H groups in total. The van der Waals surface area contributed by atoms with Gasteiger partial charge in [0.2, 0.25) is 5.91 Å². The van der Waals surface area contributed by atoms with Crippen molar-refractivity contribution in [1.29, 1.82) is 0 Å². The van der Waals surface area contributed by atoms with Crippen LogP contribution in [0.5, 0.6) is 0 Å². The van der Waals surface area contributed by atoms with Gasteiger partial charge < -0.3 is 15.7 Å². The van der Waals surface area contributed by atoms with Crippen LogP contribution in [0.25, 0.3) is 0 Å². The molecule has 0 aromatic rings. The fourth-order valence-corrected chi connectivity index (χ4v) is 1.95. The van der Waals surface area contributed by atoms with E-state index in [1.54, 1.807) is 13.8 Å². The summed E-state index contributed by atoms with van der Waals surface area (Å²) in [6, 6.07) is -0.487. The summed E-state index contributed by atoms with van der Waals surface area (Å²) in [5.74, 6) is -1.47. The molecule has 1 aliphatic heterocycles. The third kappa shape index (κ3) is 5.05. The number of aliphatic carboxylic acids is 1. The molecule has 1 aliphatic rings. The highest BCUT2D eigenvalue weighted by Gasteiger charge is 2.43. The van der Waals surface area contributed by atoms with Crippen molar-refractivity contribution in [3.05, 3.63) is 0 Å². The molecule has 8 nitrogen and oxygen atoms in total. The Hall–Kier alpha value is -2.12. The molecular weight excluding hydrogens is 278 g/mol. The third-order valence-corrected chi connectivity index (χ3v) is 3.15. The van der Waals surface area contributed by atoms with Crippen LogP contribution in [-0.2, 0) is 14.4 Å². The number of hydrogen-bond acceptors (Lipinski definition) is 4. The lowest BCUT2D eigenvalue weighted by molar-refractivity contribution is -0.137. The Kier molecular flexibility index (Phi) is 5.69. The fraction of sp³-hybridized carbons (Fsp3) is 0.692. The number of unbranched alkanes of at least 4 members (excludes halogenated alkanes) is 1. The van der Waals surface area contributed by atoms with Gasteiger partial charge >= 0.3 is 12.0 Å². The van der Waals surface area contributed by atoms with Gasteiger partial charge in [0.1, 0.15) is 5.54 Å². The molecule has 1 heterocycles. The first-order chi connectivity index (χ1) is 9.74.